The smallest absolute Gasteiger partial charge is 0.00996 e. The van der Waals surface area contributed by atoms with Crippen LogP contribution in [0, 0.1) is 29.6 Å². The van der Waals surface area contributed by atoms with Gasteiger partial charge in [0, 0.05) is 0 Å². The summed E-state index contributed by atoms with van der Waals surface area (Å²) >= 11 is 0. The Labute approximate surface area is 213 Å². The average Bonchev–Trinajstić information content (AvgIpc) is 3.38. The van der Waals surface area contributed by atoms with Gasteiger partial charge in [0.2, 0.25) is 0 Å². The maximum atomic E-state index is 3.91. The fraction of sp³-hybridized carbons (Fsp3) is 0.765. The summed E-state index contributed by atoms with van der Waals surface area (Å²) < 4.78 is 0. The number of hydrogen-bond donors (Lipinski definition) is 0. The number of hydrogen-bond acceptors (Lipinski definition) is 0. The van der Waals surface area contributed by atoms with Crippen molar-refractivity contribution in [3.05, 3.63) is 47.6 Å². The summed E-state index contributed by atoms with van der Waals surface area (Å²) in [6, 6.07) is 0. The third kappa shape index (κ3) is 8.87. The van der Waals surface area contributed by atoms with Gasteiger partial charge in [-0.3, -0.25) is 0 Å². The van der Waals surface area contributed by atoms with E-state index in [-0.39, 0.29) is 0 Å². The Balaban J connectivity index is 1.56. The van der Waals surface area contributed by atoms with Crippen LogP contribution in [0.1, 0.15) is 136 Å². The van der Waals surface area contributed by atoms with Crippen molar-refractivity contribution in [3.63, 3.8) is 0 Å². The highest BCUT2D eigenvalue weighted by Crippen LogP contribution is 2.43. The second-order valence-electron chi connectivity index (χ2n) is 12.4. The molecule has 0 aliphatic heterocycles. The van der Waals surface area contributed by atoms with Crippen LogP contribution in [-0.2, 0) is 0 Å². The lowest BCUT2D eigenvalue weighted by molar-refractivity contribution is 0.326. The van der Waals surface area contributed by atoms with E-state index in [1.807, 2.05) is 0 Å². The van der Waals surface area contributed by atoms with Gasteiger partial charge in [-0.15, -0.1) is 6.58 Å². The lowest BCUT2D eigenvalue weighted by Crippen LogP contribution is -2.17. The highest BCUT2D eigenvalue weighted by molar-refractivity contribution is 5.36. The van der Waals surface area contributed by atoms with Crippen molar-refractivity contribution < 1.29 is 0 Å². The largest absolute Gasteiger partial charge is 0.103 e. The maximum absolute atomic E-state index is 3.91. The average molecular weight is 465 g/mol. The monoisotopic (exact) mass is 464 g/mol. The van der Waals surface area contributed by atoms with E-state index < -0.39 is 0 Å². The molecule has 2 saturated carbocycles. The van der Waals surface area contributed by atoms with E-state index in [0.29, 0.717) is 0 Å². The summed E-state index contributed by atoms with van der Waals surface area (Å²) in [4.78, 5) is 0. The van der Waals surface area contributed by atoms with Gasteiger partial charge in [0.1, 0.15) is 0 Å². The molecule has 3 rings (SSSR count). The molecular weight excluding hydrogens is 408 g/mol. The minimum absolute atomic E-state index is 0.722. The van der Waals surface area contributed by atoms with Crippen LogP contribution in [-0.4, -0.2) is 0 Å². The van der Waals surface area contributed by atoms with Crippen molar-refractivity contribution in [2.45, 2.75) is 136 Å². The molecule has 0 radical (unpaired) electrons. The first-order valence-electron chi connectivity index (χ1n) is 15.2. The Morgan fingerprint density at radius 1 is 0.882 bits per heavy atom. The van der Waals surface area contributed by atoms with Crippen molar-refractivity contribution >= 4 is 0 Å². The second kappa shape index (κ2) is 15.2. The molecular formula is C34H56. The molecule has 0 saturated heterocycles. The zero-order chi connectivity index (χ0) is 24.2. The van der Waals surface area contributed by atoms with Crippen LogP contribution in [0.4, 0.5) is 0 Å². The van der Waals surface area contributed by atoms with Gasteiger partial charge in [0.05, 0.1) is 0 Å². The molecule has 0 aromatic heterocycles. The molecule has 0 aromatic carbocycles. The number of rotatable bonds is 14. The normalized spacial score (nSPS) is 23.3. The van der Waals surface area contributed by atoms with Gasteiger partial charge in [-0.2, -0.15) is 0 Å². The molecule has 3 unspecified atom stereocenters. The maximum Gasteiger partial charge on any atom is -0.00996 e. The van der Waals surface area contributed by atoms with Crippen LogP contribution in [0.25, 0.3) is 0 Å². The number of allylic oxidation sites excluding steroid dienone is 7. The molecule has 34 heavy (non-hydrogen) atoms. The van der Waals surface area contributed by atoms with Crippen molar-refractivity contribution in [1.29, 1.82) is 0 Å². The Kier molecular flexibility index (Phi) is 12.3. The zero-order valence-electron chi connectivity index (χ0n) is 23.1. The van der Waals surface area contributed by atoms with Crippen LogP contribution in [0.2, 0.25) is 0 Å². The Bertz CT molecular complexity index is 677. The molecule has 0 heterocycles. The van der Waals surface area contributed by atoms with E-state index in [9.17, 15) is 0 Å². The van der Waals surface area contributed by atoms with Gasteiger partial charge in [0.25, 0.3) is 0 Å². The minimum Gasteiger partial charge on any atom is -0.103 e. The van der Waals surface area contributed by atoms with Gasteiger partial charge in [0.15, 0.2) is 0 Å². The molecule has 0 heteroatoms. The molecule has 0 aromatic rings. The van der Waals surface area contributed by atoms with Crippen molar-refractivity contribution in [2.75, 3.05) is 0 Å². The first-order chi connectivity index (χ1) is 16.6. The summed E-state index contributed by atoms with van der Waals surface area (Å²) in [5, 5.41) is 0. The Morgan fingerprint density at radius 2 is 1.59 bits per heavy atom. The van der Waals surface area contributed by atoms with Gasteiger partial charge >= 0.3 is 0 Å². The topological polar surface area (TPSA) is 0 Å². The van der Waals surface area contributed by atoms with Crippen molar-refractivity contribution in [2.24, 2.45) is 29.6 Å². The molecule has 3 aliphatic rings. The lowest BCUT2D eigenvalue weighted by Gasteiger charge is -2.30. The quantitative estimate of drug-likeness (QED) is 0.177. The zero-order valence-corrected chi connectivity index (χ0v) is 23.1. The van der Waals surface area contributed by atoms with E-state index in [4.69, 9.17) is 0 Å². The van der Waals surface area contributed by atoms with Gasteiger partial charge in [-0.05, 0) is 93.5 Å². The van der Waals surface area contributed by atoms with Crippen LogP contribution in [0.5, 0.6) is 0 Å². The molecule has 0 nitrogen and oxygen atoms in total. The molecule has 2 fully saturated rings. The third-order valence-corrected chi connectivity index (χ3v) is 9.51. The Morgan fingerprint density at radius 3 is 2.32 bits per heavy atom. The van der Waals surface area contributed by atoms with Crippen LogP contribution >= 0.6 is 0 Å². The standard InChI is InChI=1S/C34H56/c1-5-15-27(2)16-9-14-23-33(31-21-12-13-22-31)34-26-32(25-24-29(34)4)28(3)17-10-11-20-30-18-7-6-8-19-30/h5,9,14,26-28,30-31,33H,1,6-8,10-13,15-25H2,2-4H3/b14-9+. The third-order valence-electron chi connectivity index (χ3n) is 9.51. The van der Waals surface area contributed by atoms with E-state index in [1.165, 1.54) is 109 Å². The Hall–Kier alpha value is -1.04. The van der Waals surface area contributed by atoms with Crippen molar-refractivity contribution in [3.8, 4) is 0 Å². The molecule has 0 amide bonds. The van der Waals surface area contributed by atoms with Gasteiger partial charge < -0.3 is 0 Å². The SMILES string of the molecule is C=CCC(C)C/C=C/CC(C1=C(C)CCC(C(C)CCCCC2CCCCC2)=C1)C1CCCC1. The second-order valence-corrected chi connectivity index (χ2v) is 12.4. The van der Waals surface area contributed by atoms with Gasteiger partial charge in [-0.25, -0.2) is 0 Å². The highest BCUT2D eigenvalue weighted by atomic mass is 14.3. The molecule has 0 N–H and O–H groups in total. The molecule has 192 valence electrons. The minimum atomic E-state index is 0.722. The fourth-order valence-electron chi connectivity index (χ4n) is 7.11. The van der Waals surface area contributed by atoms with E-state index in [1.54, 1.807) is 16.7 Å². The molecule has 3 atom stereocenters. The lowest BCUT2D eigenvalue weighted by atomic mass is 9.75. The first kappa shape index (κ1) is 27.5. The summed E-state index contributed by atoms with van der Waals surface area (Å²) in [5.74, 6) is 4.20. The summed E-state index contributed by atoms with van der Waals surface area (Å²) in [6.07, 6.45) is 35.0. The van der Waals surface area contributed by atoms with E-state index >= 15 is 0 Å². The molecule has 3 aliphatic carbocycles. The summed E-state index contributed by atoms with van der Waals surface area (Å²) in [6.45, 7) is 11.2. The van der Waals surface area contributed by atoms with Crippen LogP contribution in [0.3, 0.4) is 0 Å². The van der Waals surface area contributed by atoms with E-state index in [2.05, 4.69) is 51.7 Å². The predicted molar refractivity (Wildman–Crippen MR) is 152 cm³/mol. The summed E-state index contributed by atoms with van der Waals surface area (Å²) in [7, 11) is 0. The summed E-state index contributed by atoms with van der Waals surface area (Å²) in [5.41, 5.74) is 5.20. The predicted octanol–water partition coefficient (Wildman–Crippen LogP) is 11.2. The van der Waals surface area contributed by atoms with Crippen LogP contribution < -0.4 is 0 Å². The first-order valence-corrected chi connectivity index (χ1v) is 15.2. The van der Waals surface area contributed by atoms with Crippen LogP contribution in [0.15, 0.2) is 47.6 Å². The van der Waals surface area contributed by atoms with E-state index in [0.717, 1.165) is 36.0 Å². The number of unbranched alkanes of at least 4 members (excludes halogenated alkanes) is 1. The fourth-order valence-corrected chi connectivity index (χ4v) is 7.11. The van der Waals surface area contributed by atoms with Crippen molar-refractivity contribution in [1.82, 2.24) is 0 Å². The highest BCUT2D eigenvalue weighted by Gasteiger charge is 2.29. The van der Waals surface area contributed by atoms with Gasteiger partial charge in [-0.1, -0.05) is 114 Å². The molecule has 0 bridgehead atoms. The molecule has 0 spiro atoms.